The van der Waals surface area contributed by atoms with Crippen molar-refractivity contribution in [3.8, 4) is 17.1 Å². The maximum atomic E-state index is 12.6. The van der Waals surface area contributed by atoms with Crippen LogP contribution in [0.4, 0.5) is 5.69 Å². The van der Waals surface area contributed by atoms with Crippen LogP contribution in [-0.4, -0.2) is 28.1 Å². The van der Waals surface area contributed by atoms with Crippen LogP contribution < -0.4 is 10.1 Å². The van der Waals surface area contributed by atoms with Crippen LogP contribution >= 0.6 is 0 Å². The molecule has 0 aliphatic rings. The van der Waals surface area contributed by atoms with Crippen molar-refractivity contribution >= 4 is 11.6 Å². The van der Waals surface area contributed by atoms with E-state index in [1.54, 1.807) is 6.92 Å². The lowest BCUT2D eigenvalue weighted by molar-refractivity contribution is 0.102. The highest BCUT2D eigenvalue weighted by molar-refractivity contribution is 6.09. The summed E-state index contributed by atoms with van der Waals surface area (Å²) in [5.41, 5.74) is 2.02. The second-order valence-electron chi connectivity index (χ2n) is 4.73. The number of nitrogens with one attached hydrogen (secondary N) is 1. The molecular weight excluding hydrogens is 296 g/mol. The first kappa shape index (κ1) is 14.7. The quantitative estimate of drug-likeness (QED) is 0.797. The molecule has 0 spiro atoms. The van der Waals surface area contributed by atoms with Crippen molar-refractivity contribution in [3.05, 3.63) is 54.2 Å². The first-order valence-electron chi connectivity index (χ1n) is 6.87. The molecule has 0 saturated heterocycles. The molecule has 3 rings (SSSR count). The number of aryl methyl sites for hydroxylation is 1. The summed E-state index contributed by atoms with van der Waals surface area (Å²) in [6.45, 7) is 1.69. The number of hydrogen-bond acceptors (Lipinski definition) is 6. The Balaban J connectivity index is 1.96. The minimum Gasteiger partial charge on any atom is -0.479 e. The molecule has 116 valence electrons. The number of ether oxygens (including phenoxy) is 1. The summed E-state index contributed by atoms with van der Waals surface area (Å²) < 4.78 is 10.3. The van der Waals surface area contributed by atoms with Gasteiger partial charge in [0.15, 0.2) is 0 Å². The van der Waals surface area contributed by atoms with Crippen molar-refractivity contribution in [3.63, 3.8) is 0 Å². The molecule has 0 aliphatic carbocycles. The Bertz CT molecular complexity index is 830. The van der Waals surface area contributed by atoms with Gasteiger partial charge in [-0.3, -0.25) is 4.79 Å². The van der Waals surface area contributed by atoms with Crippen molar-refractivity contribution in [2.75, 3.05) is 12.4 Å². The van der Waals surface area contributed by atoms with Crippen molar-refractivity contribution in [2.45, 2.75) is 6.92 Å². The summed E-state index contributed by atoms with van der Waals surface area (Å²) in [7, 11) is 1.47. The lowest BCUT2D eigenvalue weighted by Gasteiger charge is -2.08. The lowest BCUT2D eigenvalue weighted by atomic mass is 10.1. The molecule has 23 heavy (non-hydrogen) atoms. The number of aromatic nitrogens is 3. The van der Waals surface area contributed by atoms with E-state index in [0.29, 0.717) is 22.7 Å². The van der Waals surface area contributed by atoms with Crippen molar-refractivity contribution in [1.82, 2.24) is 15.1 Å². The van der Waals surface area contributed by atoms with Gasteiger partial charge in [0.1, 0.15) is 29.0 Å². The Hall–Kier alpha value is -3.22. The number of carbonyl (C=O) groups is 1. The van der Waals surface area contributed by atoms with Crippen LogP contribution in [0.5, 0.6) is 5.88 Å². The van der Waals surface area contributed by atoms with Crippen LogP contribution in [0, 0.1) is 6.92 Å². The molecule has 7 nitrogen and oxygen atoms in total. The molecule has 0 radical (unpaired) electrons. The van der Waals surface area contributed by atoms with E-state index in [1.165, 1.54) is 19.6 Å². The van der Waals surface area contributed by atoms with Gasteiger partial charge in [-0.05, 0) is 6.92 Å². The van der Waals surface area contributed by atoms with Crippen LogP contribution in [0.25, 0.3) is 11.3 Å². The molecule has 3 aromatic rings. The van der Waals surface area contributed by atoms with E-state index in [1.807, 2.05) is 30.3 Å². The molecular formula is C16H14N4O3. The number of hydrogen-bond donors (Lipinski definition) is 1. The minimum absolute atomic E-state index is 0.281. The van der Waals surface area contributed by atoms with E-state index >= 15 is 0 Å². The number of nitrogens with zero attached hydrogens (tertiary/aromatic N) is 3. The predicted molar refractivity (Wildman–Crippen MR) is 83.2 cm³/mol. The third-order valence-electron chi connectivity index (χ3n) is 3.25. The summed E-state index contributed by atoms with van der Waals surface area (Å²) in [6.07, 6.45) is 2.81. The lowest BCUT2D eigenvalue weighted by Crippen LogP contribution is -2.14. The fourth-order valence-electron chi connectivity index (χ4n) is 2.18. The number of anilines is 1. The number of methoxy groups -OCH3 is 1. The van der Waals surface area contributed by atoms with E-state index in [2.05, 4.69) is 20.4 Å². The van der Waals surface area contributed by atoms with Gasteiger partial charge in [0, 0.05) is 5.56 Å². The molecule has 0 aliphatic heterocycles. The Morgan fingerprint density at radius 1 is 1.26 bits per heavy atom. The van der Waals surface area contributed by atoms with Crippen LogP contribution in [-0.2, 0) is 0 Å². The number of carbonyl (C=O) groups excluding carboxylic acids is 1. The second-order valence-corrected chi connectivity index (χ2v) is 4.73. The van der Waals surface area contributed by atoms with E-state index in [0.717, 1.165) is 5.56 Å². The molecule has 1 aromatic carbocycles. The molecule has 1 amide bonds. The highest BCUT2D eigenvalue weighted by Gasteiger charge is 2.22. The number of amides is 1. The predicted octanol–water partition coefficient (Wildman–Crippen LogP) is 2.70. The monoisotopic (exact) mass is 310 g/mol. The van der Waals surface area contributed by atoms with E-state index in [4.69, 9.17) is 9.26 Å². The smallest absolute Gasteiger partial charge is 0.261 e. The van der Waals surface area contributed by atoms with Gasteiger partial charge in [-0.2, -0.15) is 4.98 Å². The molecule has 0 saturated carbocycles. The molecule has 0 atom stereocenters. The van der Waals surface area contributed by atoms with E-state index < -0.39 is 0 Å². The van der Waals surface area contributed by atoms with Gasteiger partial charge in [0.25, 0.3) is 5.91 Å². The molecule has 2 aromatic heterocycles. The maximum absolute atomic E-state index is 12.6. The number of benzene rings is 1. The van der Waals surface area contributed by atoms with Crippen molar-refractivity contribution < 1.29 is 14.1 Å². The number of rotatable bonds is 4. The van der Waals surface area contributed by atoms with Gasteiger partial charge in [-0.1, -0.05) is 35.5 Å². The Morgan fingerprint density at radius 3 is 2.78 bits per heavy atom. The Kier molecular flexibility index (Phi) is 4.01. The summed E-state index contributed by atoms with van der Waals surface area (Å²) >= 11 is 0. The zero-order valence-corrected chi connectivity index (χ0v) is 12.6. The molecule has 0 unspecified atom stereocenters. The van der Waals surface area contributed by atoms with Gasteiger partial charge < -0.3 is 14.6 Å². The van der Waals surface area contributed by atoms with Gasteiger partial charge in [-0.25, -0.2) is 4.98 Å². The van der Waals surface area contributed by atoms with Crippen LogP contribution in [0.15, 0.2) is 47.4 Å². The third-order valence-corrected chi connectivity index (χ3v) is 3.25. The Morgan fingerprint density at radius 2 is 2.04 bits per heavy atom. The van der Waals surface area contributed by atoms with Crippen molar-refractivity contribution in [1.29, 1.82) is 0 Å². The molecule has 2 heterocycles. The molecule has 0 bridgehead atoms. The largest absolute Gasteiger partial charge is 0.479 e. The zero-order valence-electron chi connectivity index (χ0n) is 12.6. The highest BCUT2D eigenvalue weighted by Crippen LogP contribution is 2.27. The average Bonchev–Trinajstić information content (AvgIpc) is 2.98. The average molecular weight is 310 g/mol. The van der Waals surface area contributed by atoms with Gasteiger partial charge in [-0.15, -0.1) is 0 Å². The topological polar surface area (TPSA) is 90.1 Å². The molecule has 7 heteroatoms. The zero-order chi connectivity index (χ0) is 16.2. The first-order valence-corrected chi connectivity index (χ1v) is 6.87. The summed E-state index contributed by atoms with van der Waals surface area (Å²) in [6, 6.07) is 9.35. The Labute approximate surface area is 132 Å². The third kappa shape index (κ3) is 2.89. The standard InChI is InChI=1S/C16H14N4O3/c1-10-13(14(20-23-10)11-6-4-3-5-7-11)15(21)19-12-8-17-9-18-16(12)22-2/h3-9H,1-2H3,(H,19,21). The SMILES string of the molecule is COc1ncncc1NC(=O)c1c(-c2ccccc2)noc1C. The molecule has 0 fully saturated rings. The van der Waals surface area contributed by atoms with Crippen LogP contribution in [0.2, 0.25) is 0 Å². The van der Waals surface area contributed by atoms with Crippen LogP contribution in [0.1, 0.15) is 16.1 Å². The fourth-order valence-corrected chi connectivity index (χ4v) is 2.18. The normalized spacial score (nSPS) is 10.3. The molecule has 1 N–H and O–H groups in total. The van der Waals surface area contributed by atoms with Gasteiger partial charge in [0.05, 0.1) is 13.3 Å². The van der Waals surface area contributed by atoms with Crippen molar-refractivity contribution in [2.24, 2.45) is 0 Å². The highest BCUT2D eigenvalue weighted by atomic mass is 16.5. The second kappa shape index (κ2) is 6.27. The van der Waals surface area contributed by atoms with Gasteiger partial charge in [0.2, 0.25) is 5.88 Å². The van der Waals surface area contributed by atoms with E-state index in [-0.39, 0.29) is 11.8 Å². The van der Waals surface area contributed by atoms with E-state index in [9.17, 15) is 4.79 Å². The fraction of sp³-hybridized carbons (Fsp3) is 0.125. The summed E-state index contributed by atoms with van der Waals surface area (Å²) in [5, 5.41) is 6.72. The van der Waals surface area contributed by atoms with Gasteiger partial charge >= 0.3 is 0 Å². The first-order chi connectivity index (χ1) is 11.2. The minimum atomic E-state index is -0.365. The summed E-state index contributed by atoms with van der Waals surface area (Å²) in [5.74, 6) is 0.344. The maximum Gasteiger partial charge on any atom is 0.261 e. The summed E-state index contributed by atoms with van der Waals surface area (Å²) in [4.78, 5) is 20.5. The van der Waals surface area contributed by atoms with Crippen LogP contribution in [0.3, 0.4) is 0 Å².